The van der Waals surface area contributed by atoms with E-state index >= 15 is 0 Å². The Morgan fingerprint density at radius 3 is 2.81 bits per heavy atom. The Balaban J connectivity index is 1.87. The van der Waals surface area contributed by atoms with Gasteiger partial charge in [-0.05, 0) is 31.0 Å². The molecule has 3 rings (SSSR count). The molecule has 3 nitrogen and oxygen atoms in total. The van der Waals surface area contributed by atoms with Crippen molar-refractivity contribution in [3.63, 3.8) is 0 Å². The second-order valence-corrected chi connectivity index (χ2v) is 5.45. The minimum atomic E-state index is 0.111. The number of carbonyl (C=O) groups excluding carboxylic acids is 1. The van der Waals surface area contributed by atoms with Crippen LogP contribution in [0.2, 0.25) is 0 Å². The maximum atomic E-state index is 12.6. The second-order valence-electron chi connectivity index (χ2n) is 5.45. The standard InChI is InChI=1S/C18H19NO2/c1-13-7-8-17(21-2)15(11-13)12-19-10-9-14-5-3-4-6-16(14)18(19)20/h3-8,11H,9-10,12H2,1-2H3. The van der Waals surface area contributed by atoms with Crippen LogP contribution < -0.4 is 4.74 Å². The number of carbonyl (C=O) groups is 1. The van der Waals surface area contributed by atoms with Crippen molar-refractivity contribution in [3.05, 3.63) is 64.7 Å². The van der Waals surface area contributed by atoms with Gasteiger partial charge in [-0.1, -0.05) is 35.9 Å². The number of amides is 1. The fraction of sp³-hybridized carbons (Fsp3) is 0.278. The normalized spacial score (nSPS) is 14.0. The number of hydrogen-bond acceptors (Lipinski definition) is 2. The first-order valence-corrected chi connectivity index (χ1v) is 7.20. The molecular formula is C18H19NO2. The van der Waals surface area contributed by atoms with Crippen LogP contribution in [0.4, 0.5) is 0 Å². The fourth-order valence-electron chi connectivity index (χ4n) is 2.86. The van der Waals surface area contributed by atoms with Gasteiger partial charge in [0.2, 0.25) is 0 Å². The van der Waals surface area contributed by atoms with Crippen molar-refractivity contribution < 1.29 is 9.53 Å². The molecule has 21 heavy (non-hydrogen) atoms. The number of hydrogen-bond donors (Lipinski definition) is 0. The molecule has 0 atom stereocenters. The van der Waals surface area contributed by atoms with E-state index in [1.165, 1.54) is 5.56 Å². The molecule has 1 aliphatic rings. The first kappa shape index (κ1) is 13.7. The Morgan fingerprint density at radius 2 is 2.00 bits per heavy atom. The van der Waals surface area contributed by atoms with Gasteiger partial charge in [0, 0.05) is 24.2 Å². The maximum absolute atomic E-state index is 12.6. The van der Waals surface area contributed by atoms with Gasteiger partial charge in [0.1, 0.15) is 5.75 Å². The van der Waals surface area contributed by atoms with Gasteiger partial charge in [-0.15, -0.1) is 0 Å². The summed E-state index contributed by atoms with van der Waals surface area (Å²) in [6.45, 7) is 3.40. The van der Waals surface area contributed by atoms with Crippen LogP contribution in [0.3, 0.4) is 0 Å². The third kappa shape index (κ3) is 2.64. The molecule has 0 spiro atoms. The van der Waals surface area contributed by atoms with Crippen LogP contribution in [-0.4, -0.2) is 24.5 Å². The summed E-state index contributed by atoms with van der Waals surface area (Å²) < 4.78 is 5.41. The minimum absolute atomic E-state index is 0.111. The van der Waals surface area contributed by atoms with Gasteiger partial charge in [-0.2, -0.15) is 0 Å². The van der Waals surface area contributed by atoms with E-state index in [0.29, 0.717) is 6.54 Å². The molecule has 2 aromatic rings. The highest BCUT2D eigenvalue weighted by Gasteiger charge is 2.24. The second kappa shape index (κ2) is 5.60. The van der Waals surface area contributed by atoms with E-state index in [1.807, 2.05) is 41.3 Å². The molecule has 2 aromatic carbocycles. The van der Waals surface area contributed by atoms with Gasteiger partial charge in [0.25, 0.3) is 5.91 Å². The number of aryl methyl sites for hydroxylation is 1. The third-order valence-corrected chi connectivity index (χ3v) is 3.98. The summed E-state index contributed by atoms with van der Waals surface area (Å²) in [7, 11) is 1.67. The molecule has 0 unspecified atom stereocenters. The van der Waals surface area contributed by atoms with Crippen molar-refractivity contribution in [2.24, 2.45) is 0 Å². The van der Waals surface area contributed by atoms with Gasteiger partial charge in [0.05, 0.1) is 7.11 Å². The van der Waals surface area contributed by atoms with E-state index in [1.54, 1.807) is 7.11 Å². The van der Waals surface area contributed by atoms with E-state index in [-0.39, 0.29) is 5.91 Å². The summed E-state index contributed by atoms with van der Waals surface area (Å²) in [5.74, 6) is 0.952. The zero-order valence-electron chi connectivity index (χ0n) is 12.4. The van der Waals surface area contributed by atoms with E-state index in [2.05, 4.69) is 13.0 Å². The van der Waals surface area contributed by atoms with Crippen molar-refractivity contribution in [3.8, 4) is 5.75 Å². The zero-order chi connectivity index (χ0) is 14.8. The summed E-state index contributed by atoms with van der Waals surface area (Å²) in [5, 5.41) is 0. The number of nitrogens with zero attached hydrogens (tertiary/aromatic N) is 1. The average Bonchev–Trinajstić information content (AvgIpc) is 2.51. The molecule has 0 aromatic heterocycles. The molecule has 0 saturated carbocycles. The highest BCUT2D eigenvalue weighted by atomic mass is 16.5. The molecule has 0 fully saturated rings. The molecule has 1 heterocycles. The Hall–Kier alpha value is -2.29. The molecule has 0 bridgehead atoms. The molecule has 3 heteroatoms. The Kier molecular flexibility index (Phi) is 3.65. The van der Waals surface area contributed by atoms with E-state index in [9.17, 15) is 4.79 Å². The lowest BCUT2D eigenvalue weighted by Crippen LogP contribution is -2.37. The van der Waals surface area contributed by atoms with Gasteiger partial charge in [0.15, 0.2) is 0 Å². The Morgan fingerprint density at radius 1 is 1.19 bits per heavy atom. The number of fused-ring (bicyclic) bond motifs is 1. The van der Waals surface area contributed by atoms with Crippen LogP contribution >= 0.6 is 0 Å². The SMILES string of the molecule is COc1ccc(C)cc1CN1CCc2ccccc2C1=O. The molecule has 108 valence electrons. The van der Waals surface area contributed by atoms with Gasteiger partial charge in [-0.25, -0.2) is 0 Å². The van der Waals surface area contributed by atoms with E-state index < -0.39 is 0 Å². The largest absolute Gasteiger partial charge is 0.496 e. The molecule has 0 saturated heterocycles. The Bertz CT molecular complexity index is 679. The number of methoxy groups -OCH3 is 1. The van der Waals surface area contributed by atoms with Gasteiger partial charge in [-0.3, -0.25) is 4.79 Å². The van der Waals surface area contributed by atoms with Crippen LogP contribution in [0.1, 0.15) is 27.0 Å². The zero-order valence-corrected chi connectivity index (χ0v) is 12.4. The molecule has 1 amide bonds. The summed E-state index contributed by atoms with van der Waals surface area (Å²) in [6.07, 6.45) is 0.913. The first-order valence-electron chi connectivity index (χ1n) is 7.20. The van der Waals surface area contributed by atoms with Crippen LogP contribution in [0, 0.1) is 6.92 Å². The minimum Gasteiger partial charge on any atom is -0.496 e. The quantitative estimate of drug-likeness (QED) is 0.864. The summed E-state index contributed by atoms with van der Waals surface area (Å²) in [4.78, 5) is 14.5. The van der Waals surface area contributed by atoms with Gasteiger partial charge < -0.3 is 9.64 Å². The molecular weight excluding hydrogens is 262 g/mol. The van der Waals surface area contributed by atoms with Crippen molar-refractivity contribution in [2.45, 2.75) is 19.9 Å². The smallest absolute Gasteiger partial charge is 0.254 e. The lowest BCUT2D eigenvalue weighted by molar-refractivity contribution is 0.0726. The Labute approximate surface area is 125 Å². The van der Waals surface area contributed by atoms with Crippen LogP contribution in [-0.2, 0) is 13.0 Å². The highest BCUT2D eigenvalue weighted by Crippen LogP contribution is 2.25. The average molecular weight is 281 g/mol. The van der Waals surface area contributed by atoms with Crippen molar-refractivity contribution in [2.75, 3.05) is 13.7 Å². The van der Waals surface area contributed by atoms with Gasteiger partial charge >= 0.3 is 0 Å². The summed E-state index contributed by atoms with van der Waals surface area (Å²) in [5.41, 5.74) is 4.21. The molecule has 1 aliphatic heterocycles. The topological polar surface area (TPSA) is 29.5 Å². The molecule has 0 N–H and O–H groups in total. The van der Waals surface area contributed by atoms with Crippen LogP contribution in [0.5, 0.6) is 5.75 Å². The van der Waals surface area contributed by atoms with E-state index in [0.717, 1.165) is 35.4 Å². The summed E-state index contributed by atoms with van der Waals surface area (Å²) in [6, 6.07) is 13.9. The monoisotopic (exact) mass is 281 g/mol. The third-order valence-electron chi connectivity index (χ3n) is 3.98. The summed E-state index contributed by atoms with van der Waals surface area (Å²) >= 11 is 0. The van der Waals surface area contributed by atoms with Crippen LogP contribution in [0.15, 0.2) is 42.5 Å². The first-order chi connectivity index (χ1) is 10.2. The lowest BCUT2D eigenvalue weighted by atomic mass is 9.98. The van der Waals surface area contributed by atoms with Crippen molar-refractivity contribution >= 4 is 5.91 Å². The molecule has 0 aliphatic carbocycles. The van der Waals surface area contributed by atoms with Crippen molar-refractivity contribution in [1.29, 1.82) is 0 Å². The van der Waals surface area contributed by atoms with Crippen LogP contribution in [0.25, 0.3) is 0 Å². The lowest BCUT2D eigenvalue weighted by Gasteiger charge is -2.29. The number of rotatable bonds is 3. The number of benzene rings is 2. The molecule has 0 radical (unpaired) electrons. The maximum Gasteiger partial charge on any atom is 0.254 e. The van der Waals surface area contributed by atoms with Crippen molar-refractivity contribution in [1.82, 2.24) is 4.90 Å². The fourth-order valence-corrected chi connectivity index (χ4v) is 2.86. The van der Waals surface area contributed by atoms with E-state index in [4.69, 9.17) is 4.74 Å². The predicted octanol–water partition coefficient (Wildman–Crippen LogP) is 3.20. The predicted molar refractivity (Wildman–Crippen MR) is 82.6 cm³/mol. The highest BCUT2D eigenvalue weighted by molar-refractivity contribution is 5.96. The number of ether oxygens (including phenoxy) is 1.